The number of rotatable bonds is 0. The lowest BCUT2D eigenvalue weighted by Gasteiger charge is -2.32. The minimum atomic E-state index is -1.01. The van der Waals surface area contributed by atoms with Gasteiger partial charge in [0, 0.05) is 19.6 Å². The first kappa shape index (κ1) is 13.7. The largest absolute Gasteiger partial charge is 0.517 e. The van der Waals surface area contributed by atoms with E-state index in [1.165, 1.54) is 4.90 Å². The number of hydrogen-bond acceptors (Lipinski definition) is 6. The average Bonchev–Trinajstić information content (AvgIpc) is 2.14. The molecule has 1 rings (SSSR count). The van der Waals surface area contributed by atoms with Crippen molar-refractivity contribution in [3.8, 4) is 0 Å². The van der Waals surface area contributed by atoms with Crippen molar-refractivity contribution >= 4 is 12.2 Å². The van der Waals surface area contributed by atoms with Crippen LogP contribution in [-0.2, 0) is 9.47 Å². The van der Waals surface area contributed by atoms with E-state index in [4.69, 9.17) is 10.5 Å². The number of nitrogens with zero attached hydrogens (tertiary/aromatic N) is 1. The van der Waals surface area contributed by atoms with E-state index in [1.54, 1.807) is 20.8 Å². The maximum Gasteiger partial charge on any atom is 0.517 e. The summed E-state index contributed by atoms with van der Waals surface area (Å²) in [7, 11) is 0. The monoisotopic (exact) mass is 245 g/mol. The number of piperazine rings is 1. The normalized spacial score (nSPS) is 20.9. The molecule has 1 aliphatic rings. The molecule has 0 bridgehead atoms. The van der Waals surface area contributed by atoms with Crippen LogP contribution in [0.3, 0.4) is 0 Å². The Labute approximate surface area is 100 Å². The maximum atomic E-state index is 11.6. The molecule has 0 aromatic carbocycles. The maximum absolute atomic E-state index is 11.6. The molecule has 0 spiro atoms. The van der Waals surface area contributed by atoms with Crippen molar-refractivity contribution < 1.29 is 19.1 Å². The molecule has 17 heavy (non-hydrogen) atoms. The van der Waals surface area contributed by atoms with Crippen molar-refractivity contribution in [1.29, 1.82) is 0 Å². The topological polar surface area (TPSA) is 93.9 Å². The number of amides is 1. The van der Waals surface area contributed by atoms with Crippen molar-refractivity contribution in [2.45, 2.75) is 32.5 Å². The van der Waals surface area contributed by atoms with E-state index < -0.39 is 24.0 Å². The van der Waals surface area contributed by atoms with Crippen LogP contribution in [0.1, 0.15) is 20.8 Å². The van der Waals surface area contributed by atoms with E-state index >= 15 is 0 Å². The van der Waals surface area contributed by atoms with Crippen LogP contribution in [0.15, 0.2) is 0 Å². The lowest BCUT2D eigenvalue weighted by Crippen LogP contribution is -2.58. The summed E-state index contributed by atoms with van der Waals surface area (Å²) < 4.78 is 9.42. The second-order valence-corrected chi connectivity index (χ2v) is 4.80. The Hall–Kier alpha value is -1.34. The molecule has 0 aromatic rings. The zero-order valence-electron chi connectivity index (χ0n) is 10.4. The highest BCUT2D eigenvalue weighted by Gasteiger charge is 2.28. The minimum absolute atomic E-state index is 0.406. The number of hydrogen-bond donors (Lipinski definition) is 2. The van der Waals surface area contributed by atoms with Crippen LogP contribution in [0, 0.1) is 0 Å². The summed E-state index contributed by atoms with van der Waals surface area (Å²) in [4.78, 5) is 24.2. The minimum Gasteiger partial charge on any atom is -0.428 e. The van der Waals surface area contributed by atoms with E-state index in [9.17, 15) is 9.59 Å². The predicted molar refractivity (Wildman–Crippen MR) is 60.3 cm³/mol. The Kier molecular flexibility index (Phi) is 4.30. The smallest absolute Gasteiger partial charge is 0.428 e. The van der Waals surface area contributed by atoms with Gasteiger partial charge in [0.1, 0.15) is 5.60 Å². The highest BCUT2D eigenvalue weighted by Crippen LogP contribution is 2.09. The summed E-state index contributed by atoms with van der Waals surface area (Å²) in [6, 6.07) is 0. The fraction of sp³-hybridized carbons (Fsp3) is 0.800. The second kappa shape index (κ2) is 5.33. The predicted octanol–water partition coefficient (Wildman–Crippen LogP) is 0.248. The molecule has 7 heteroatoms. The summed E-state index contributed by atoms with van der Waals surface area (Å²) in [6.07, 6.45) is -2.26. The van der Waals surface area contributed by atoms with Crippen LogP contribution in [-0.4, -0.2) is 48.5 Å². The van der Waals surface area contributed by atoms with Gasteiger partial charge in [0.2, 0.25) is 0 Å². The van der Waals surface area contributed by atoms with Gasteiger partial charge in [-0.25, -0.2) is 9.59 Å². The van der Waals surface area contributed by atoms with Gasteiger partial charge in [-0.1, -0.05) is 0 Å². The van der Waals surface area contributed by atoms with Crippen LogP contribution in [0.2, 0.25) is 0 Å². The SMILES string of the molecule is CC(C)(C)OC(=O)OC(=O)N1CCNCC1N. The summed E-state index contributed by atoms with van der Waals surface area (Å²) in [6.45, 7) is 6.57. The van der Waals surface area contributed by atoms with Gasteiger partial charge in [-0.15, -0.1) is 0 Å². The van der Waals surface area contributed by atoms with Gasteiger partial charge in [0.05, 0.1) is 6.17 Å². The van der Waals surface area contributed by atoms with Gasteiger partial charge in [-0.05, 0) is 20.8 Å². The average molecular weight is 245 g/mol. The molecule has 0 aliphatic carbocycles. The second-order valence-electron chi connectivity index (χ2n) is 4.80. The first-order valence-electron chi connectivity index (χ1n) is 5.47. The summed E-state index contributed by atoms with van der Waals surface area (Å²) in [5.74, 6) is 0. The highest BCUT2D eigenvalue weighted by atomic mass is 16.8. The molecule has 0 aromatic heterocycles. The Balaban J connectivity index is 2.45. The van der Waals surface area contributed by atoms with Crippen molar-refractivity contribution in [2.75, 3.05) is 19.6 Å². The number of nitrogens with two attached hydrogens (primary N) is 1. The Morgan fingerprint density at radius 2 is 2.06 bits per heavy atom. The quantitative estimate of drug-likeness (QED) is 0.469. The fourth-order valence-corrected chi connectivity index (χ4v) is 1.35. The number of carbonyl (C=O) groups excluding carboxylic acids is 2. The molecule has 1 saturated heterocycles. The number of carbonyl (C=O) groups is 2. The molecule has 1 unspecified atom stereocenters. The van der Waals surface area contributed by atoms with Crippen molar-refractivity contribution in [1.82, 2.24) is 10.2 Å². The summed E-state index contributed by atoms with van der Waals surface area (Å²) in [5.41, 5.74) is 5.00. The van der Waals surface area contributed by atoms with Crippen LogP contribution in [0.4, 0.5) is 9.59 Å². The Morgan fingerprint density at radius 3 is 2.59 bits per heavy atom. The standard InChI is InChI=1S/C10H19N3O4/c1-10(2,3)17-9(15)16-8(14)13-5-4-12-6-7(13)11/h7,12H,4-6,11H2,1-3H3. The molecule has 1 amide bonds. The van der Waals surface area contributed by atoms with Crippen LogP contribution in [0.5, 0.6) is 0 Å². The van der Waals surface area contributed by atoms with E-state index in [-0.39, 0.29) is 0 Å². The van der Waals surface area contributed by atoms with Crippen molar-refractivity contribution in [3.63, 3.8) is 0 Å². The molecule has 1 atom stereocenters. The molecular weight excluding hydrogens is 226 g/mol. The molecule has 1 fully saturated rings. The van der Waals surface area contributed by atoms with Crippen LogP contribution in [0.25, 0.3) is 0 Å². The summed E-state index contributed by atoms with van der Waals surface area (Å²) >= 11 is 0. The zero-order valence-corrected chi connectivity index (χ0v) is 10.4. The van der Waals surface area contributed by atoms with Gasteiger partial charge < -0.3 is 20.5 Å². The Bertz CT molecular complexity index is 300. The van der Waals surface area contributed by atoms with Crippen LogP contribution < -0.4 is 11.1 Å². The molecule has 0 saturated carbocycles. The van der Waals surface area contributed by atoms with Gasteiger partial charge in [0.25, 0.3) is 0 Å². The van der Waals surface area contributed by atoms with E-state index in [0.29, 0.717) is 19.6 Å². The van der Waals surface area contributed by atoms with Crippen LogP contribution >= 0.6 is 0 Å². The van der Waals surface area contributed by atoms with Gasteiger partial charge in [-0.3, -0.25) is 4.90 Å². The molecule has 0 radical (unpaired) electrons. The number of ether oxygens (including phenoxy) is 2. The van der Waals surface area contributed by atoms with Gasteiger partial charge in [0.15, 0.2) is 0 Å². The fourth-order valence-electron chi connectivity index (χ4n) is 1.35. The Morgan fingerprint density at radius 1 is 1.41 bits per heavy atom. The van der Waals surface area contributed by atoms with Crippen molar-refractivity contribution in [3.05, 3.63) is 0 Å². The third-order valence-electron chi connectivity index (χ3n) is 2.08. The lowest BCUT2D eigenvalue weighted by atomic mass is 10.2. The van der Waals surface area contributed by atoms with Gasteiger partial charge in [-0.2, -0.15) is 0 Å². The third-order valence-corrected chi connectivity index (χ3v) is 2.08. The highest BCUT2D eigenvalue weighted by molar-refractivity contribution is 5.81. The van der Waals surface area contributed by atoms with E-state index in [0.717, 1.165) is 0 Å². The molecule has 7 nitrogen and oxygen atoms in total. The lowest BCUT2D eigenvalue weighted by molar-refractivity contribution is -0.000542. The first-order chi connectivity index (χ1) is 7.79. The molecule has 1 aliphatic heterocycles. The molecular formula is C10H19N3O4. The third kappa shape index (κ3) is 4.58. The van der Waals surface area contributed by atoms with E-state index in [2.05, 4.69) is 10.1 Å². The zero-order chi connectivity index (χ0) is 13.1. The number of nitrogens with one attached hydrogen (secondary N) is 1. The van der Waals surface area contributed by atoms with E-state index in [1.807, 2.05) is 0 Å². The first-order valence-corrected chi connectivity index (χ1v) is 5.47. The summed E-state index contributed by atoms with van der Waals surface area (Å²) in [5, 5.41) is 3.02. The van der Waals surface area contributed by atoms with Gasteiger partial charge >= 0.3 is 12.2 Å². The van der Waals surface area contributed by atoms with Crippen molar-refractivity contribution in [2.24, 2.45) is 5.73 Å². The molecule has 3 N–H and O–H groups in total. The molecule has 1 heterocycles. The molecule has 98 valence electrons.